The summed E-state index contributed by atoms with van der Waals surface area (Å²) in [6.07, 6.45) is 2.70. The van der Waals surface area contributed by atoms with Crippen LogP contribution in [0.15, 0.2) is 34.3 Å². The summed E-state index contributed by atoms with van der Waals surface area (Å²) in [4.78, 5) is 34.3. The van der Waals surface area contributed by atoms with E-state index in [1.807, 2.05) is 44.5 Å². The molecule has 2 fully saturated rings. The number of aliphatic hydroxyl groups is 1. The predicted octanol–water partition coefficient (Wildman–Crippen LogP) is 4.20. The molecule has 4 heterocycles. The molecule has 2 saturated heterocycles. The van der Waals surface area contributed by atoms with Gasteiger partial charge < -0.3 is 29.9 Å². The topological polar surface area (TPSA) is 130 Å². The first-order chi connectivity index (χ1) is 20.7. The minimum Gasteiger partial charge on any atom is -0.493 e. The number of ether oxygens (including phenoxy) is 1. The van der Waals surface area contributed by atoms with Crippen molar-refractivity contribution < 1.29 is 24.0 Å². The summed E-state index contributed by atoms with van der Waals surface area (Å²) < 4.78 is 11.8. The zero-order valence-electron chi connectivity index (χ0n) is 25.5. The molecule has 2 aromatic heterocycles. The Labute approximate surface area is 257 Å². The van der Waals surface area contributed by atoms with Crippen LogP contribution >= 0.6 is 11.3 Å². The van der Waals surface area contributed by atoms with Crippen LogP contribution in [0.4, 0.5) is 0 Å². The molecule has 2 aliphatic rings. The molecule has 0 radical (unpaired) electrons. The van der Waals surface area contributed by atoms with E-state index in [4.69, 9.17) is 9.26 Å². The molecular formula is C32H43N5O5S. The van der Waals surface area contributed by atoms with Gasteiger partial charge in [0.2, 0.25) is 11.8 Å². The molecule has 232 valence electrons. The summed E-state index contributed by atoms with van der Waals surface area (Å²) in [5.74, 6) is 0.638. The van der Waals surface area contributed by atoms with E-state index in [2.05, 4.69) is 20.8 Å². The molecule has 0 saturated carbocycles. The van der Waals surface area contributed by atoms with Crippen molar-refractivity contribution in [1.29, 1.82) is 0 Å². The molecule has 3 N–H and O–H groups in total. The Morgan fingerprint density at radius 3 is 2.70 bits per heavy atom. The summed E-state index contributed by atoms with van der Waals surface area (Å²) in [6.45, 7) is 10.7. The average Bonchev–Trinajstić information content (AvgIpc) is 3.72. The van der Waals surface area contributed by atoms with Crippen molar-refractivity contribution in [3.05, 3.63) is 52.5 Å². The second-order valence-electron chi connectivity index (χ2n) is 12.1. The largest absolute Gasteiger partial charge is 0.493 e. The van der Waals surface area contributed by atoms with Crippen molar-refractivity contribution in [1.82, 2.24) is 25.7 Å². The average molecular weight is 610 g/mol. The maximum Gasteiger partial charge on any atom is 0.243 e. The second kappa shape index (κ2) is 14.0. The summed E-state index contributed by atoms with van der Waals surface area (Å²) in [6, 6.07) is 7.03. The van der Waals surface area contributed by atoms with Gasteiger partial charge in [0.25, 0.3) is 0 Å². The number of rotatable bonds is 11. The zero-order valence-corrected chi connectivity index (χ0v) is 26.3. The fraction of sp³-hybridized carbons (Fsp3) is 0.562. The third-order valence-electron chi connectivity index (χ3n) is 8.52. The summed E-state index contributed by atoms with van der Waals surface area (Å²) in [5, 5.41) is 20.9. The molecule has 3 atom stereocenters. The molecule has 11 heteroatoms. The van der Waals surface area contributed by atoms with Gasteiger partial charge in [-0.25, -0.2) is 4.98 Å². The fourth-order valence-electron chi connectivity index (χ4n) is 6.11. The molecule has 2 amide bonds. The van der Waals surface area contributed by atoms with E-state index in [0.29, 0.717) is 24.0 Å². The number of carbonyl (C=O) groups excluding carboxylic acids is 2. The zero-order chi connectivity index (χ0) is 30.5. The van der Waals surface area contributed by atoms with E-state index in [0.717, 1.165) is 59.8 Å². The van der Waals surface area contributed by atoms with Gasteiger partial charge in [-0.05, 0) is 69.7 Å². The van der Waals surface area contributed by atoms with Gasteiger partial charge in [0.15, 0.2) is 0 Å². The monoisotopic (exact) mass is 609 g/mol. The Morgan fingerprint density at radius 1 is 1.23 bits per heavy atom. The Morgan fingerprint density at radius 2 is 2.02 bits per heavy atom. The second-order valence-corrected chi connectivity index (χ2v) is 13.0. The maximum absolute atomic E-state index is 13.7. The number of β-amino-alcohol motifs (C(OH)–C–C–N with tert-alkyl or cyclic N) is 1. The van der Waals surface area contributed by atoms with E-state index in [1.165, 1.54) is 4.90 Å². The quantitative estimate of drug-likeness (QED) is 0.295. The van der Waals surface area contributed by atoms with Crippen LogP contribution in [-0.4, -0.2) is 70.3 Å². The highest BCUT2D eigenvalue weighted by Crippen LogP contribution is 2.33. The van der Waals surface area contributed by atoms with E-state index in [1.54, 1.807) is 24.3 Å². The third-order valence-corrected chi connectivity index (χ3v) is 9.50. The number of aryl methyl sites for hydroxylation is 2. The Bertz CT molecular complexity index is 1400. The molecule has 43 heavy (non-hydrogen) atoms. The molecule has 1 unspecified atom stereocenters. The predicted molar refractivity (Wildman–Crippen MR) is 165 cm³/mol. The van der Waals surface area contributed by atoms with Crippen LogP contribution in [0.3, 0.4) is 0 Å². The fourth-order valence-corrected chi connectivity index (χ4v) is 6.91. The number of carbonyl (C=O) groups is 2. The highest BCUT2D eigenvalue weighted by atomic mass is 32.1. The number of aromatic nitrogens is 2. The first-order valence-corrected chi connectivity index (χ1v) is 16.2. The summed E-state index contributed by atoms with van der Waals surface area (Å²) >= 11 is 1.59. The van der Waals surface area contributed by atoms with Gasteiger partial charge in [-0.3, -0.25) is 9.59 Å². The molecule has 0 aliphatic carbocycles. The molecule has 3 aromatic rings. The van der Waals surface area contributed by atoms with E-state index in [9.17, 15) is 14.7 Å². The van der Waals surface area contributed by atoms with Gasteiger partial charge in [-0.2, -0.15) is 0 Å². The molecule has 1 aromatic carbocycles. The number of aliphatic hydroxyl groups excluding tert-OH is 1. The standard InChI is InChI=1S/C32H43N5O5S/c1-19(2)29(28-13-20(3)36-42-28)32(40)37-17-25(38)15-26(37)31(39)34-16-24-6-5-23(30-21(4)35-18-43-30)14-27(24)41-12-9-22-7-10-33-11-8-22/h5-6,13-14,18-19,22,25-26,29,33,38H,7-12,15-17H2,1-4H3,(H,34,39)/t25-,26-,29?/m1/s1. The number of hydrogen-bond acceptors (Lipinski definition) is 9. The highest BCUT2D eigenvalue weighted by Gasteiger charge is 2.43. The van der Waals surface area contributed by atoms with Crippen LogP contribution in [-0.2, 0) is 16.1 Å². The van der Waals surface area contributed by atoms with Crippen LogP contribution in [0, 0.1) is 25.7 Å². The van der Waals surface area contributed by atoms with Gasteiger partial charge in [-0.1, -0.05) is 31.1 Å². The Balaban J connectivity index is 1.29. The van der Waals surface area contributed by atoms with E-state index >= 15 is 0 Å². The normalized spacial score (nSPS) is 20.0. The number of benzene rings is 1. The highest BCUT2D eigenvalue weighted by molar-refractivity contribution is 7.13. The number of piperidine rings is 1. The number of amides is 2. The van der Waals surface area contributed by atoms with Crippen molar-refractivity contribution in [2.24, 2.45) is 11.8 Å². The molecule has 5 rings (SSSR count). The van der Waals surface area contributed by atoms with Gasteiger partial charge in [-0.15, -0.1) is 11.3 Å². The lowest BCUT2D eigenvalue weighted by atomic mass is 9.91. The number of nitrogens with zero attached hydrogens (tertiary/aromatic N) is 3. The van der Waals surface area contributed by atoms with Crippen LogP contribution in [0.2, 0.25) is 0 Å². The number of nitrogens with one attached hydrogen (secondary N) is 2. The maximum atomic E-state index is 13.7. The van der Waals surface area contributed by atoms with Crippen LogP contribution in [0.5, 0.6) is 5.75 Å². The molecular weight excluding hydrogens is 566 g/mol. The van der Waals surface area contributed by atoms with E-state index < -0.39 is 18.1 Å². The van der Waals surface area contributed by atoms with Crippen molar-refractivity contribution in [3.8, 4) is 16.2 Å². The van der Waals surface area contributed by atoms with E-state index in [-0.39, 0.29) is 37.2 Å². The van der Waals surface area contributed by atoms with Gasteiger partial charge in [0.1, 0.15) is 23.5 Å². The minimum absolute atomic E-state index is 0.0772. The smallest absolute Gasteiger partial charge is 0.243 e. The first kappa shape index (κ1) is 31.2. The molecule has 0 bridgehead atoms. The molecule has 10 nitrogen and oxygen atoms in total. The molecule has 0 spiro atoms. The lowest BCUT2D eigenvalue weighted by molar-refractivity contribution is -0.141. The Hall–Kier alpha value is -3.28. The van der Waals surface area contributed by atoms with Crippen LogP contribution < -0.4 is 15.4 Å². The lowest BCUT2D eigenvalue weighted by Gasteiger charge is -2.28. The van der Waals surface area contributed by atoms with Crippen molar-refractivity contribution in [3.63, 3.8) is 0 Å². The van der Waals surface area contributed by atoms with Gasteiger partial charge in [0.05, 0.1) is 34.5 Å². The SMILES string of the molecule is Cc1cc(C(C(=O)N2C[C@H](O)C[C@@H]2C(=O)NCc2ccc(-c3scnc3C)cc2OCCC2CCNCC2)C(C)C)on1. The van der Waals surface area contributed by atoms with Crippen LogP contribution in [0.25, 0.3) is 10.4 Å². The Kier molecular flexibility index (Phi) is 10.1. The lowest BCUT2D eigenvalue weighted by Crippen LogP contribution is -2.48. The molecule has 2 aliphatic heterocycles. The van der Waals surface area contributed by atoms with Crippen molar-refractivity contribution in [2.45, 2.75) is 78.0 Å². The minimum atomic E-state index is -0.781. The van der Waals surface area contributed by atoms with Crippen molar-refractivity contribution in [2.75, 3.05) is 26.2 Å². The van der Waals surface area contributed by atoms with Gasteiger partial charge in [0, 0.05) is 31.1 Å². The van der Waals surface area contributed by atoms with Crippen molar-refractivity contribution >= 4 is 23.2 Å². The van der Waals surface area contributed by atoms with Crippen LogP contribution in [0.1, 0.15) is 68.2 Å². The third kappa shape index (κ3) is 7.45. The number of hydrogen-bond donors (Lipinski definition) is 3. The summed E-state index contributed by atoms with van der Waals surface area (Å²) in [5.41, 5.74) is 5.39. The van der Waals surface area contributed by atoms with Gasteiger partial charge >= 0.3 is 0 Å². The first-order valence-electron chi connectivity index (χ1n) is 15.3. The number of thiazole rings is 1. The summed E-state index contributed by atoms with van der Waals surface area (Å²) in [7, 11) is 0. The number of likely N-dealkylation sites (tertiary alicyclic amines) is 1.